The Morgan fingerprint density at radius 1 is 1.11 bits per heavy atom. The number of anilines is 1. The second-order valence-corrected chi connectivity index (χ2v) is 6.30. The van der Waals surface area contributed by atoms with Crippen LogP contribution in [-0.2, 0) is 9.53 Å². The Balaban J connectivity index is 1.46. The van der Waals surface area contributed by atoms with Crippen LogP contribution in [0.3, 0.4) is 0 Å². The van der Waals surface area contributed by atoms with Crippen molar-refractivity contribution in [3.63, 3.8) is 0 Å². The molecule has 0 bridgehead atoms. The standard InChI is InChI=1S/C22H25NO4/c1-2-25-19-10-5-17(6-11-19)7-14-22(24)23-18-8-12-20(13-9-18)27-16-21-4-3-15-26-21/h5-14,21H,2-4,15-16H2,1H3,(H,23,24)/b14-7+. The number of hydrogen-bond acceptors (Lipinski definition) is 4. The van der Waals surface area contributed by atoms with Crippen LogP contribution in [0.4, 0.5) is 5.69 Å². The molecule has 2 aromatic rings. The molecule has 0 aromatic heterocycles. The highest BCUT2D eigenvalue weighted by atomic mass is 16.5. The molecule has 0 spiro atoms. The Bertz CT molecular complexity index is 747. The first-order valence-electron chi connectivity index (χ1n) is 9.29. The van der Waals surface area contributed by atoms with Gasteiger partial charge in [0.15, 0.2) is 0 Å². The lowest BCUT2D eigenvalue weighted by Gasteiger charge is -2.11. The van der Waals surface area contributed by atoms with Gasteiger partial charge in [-0.05, 0) is 67.8 Å². The van der Waals surface area contributed by atoms with Crippen LogP contribution in [0.2, 0.25) is 0 Å². The molecule has 142 valence electrons. The fourth-order valence-corrected chi connectivity index (χ4v) is 2.80. The molecule has 3 rings (SSSR count). The van der Waals surface area contributed by atoms with E-state index in [1.54, 1.807) is 6.08 Å². The first-order chi connectivity index (χ1) is 13.2. The third-order valence-electron chi connectivity index (χ3n) is 4.20. The summed E-state index contributed by atoms with van der Waals surface area (Å²) in [4.78, 5) is 12.1. The average Bonchev–Trinajstić information content (AvgIpc) is 3.21. The molecule has 1 amide bonds. The zero-order valence-electron chi connectivity index (χ0n) is 15.5. The quantitative estimate of drug-likeness (QED) is 0.707. The molecule has 1 atom stereocenters. The minimum atomic E-state index is -0.183. The number of carbonyl (C=O) groups is 1. The van der Waals surface area contributed by atoms with Gasteiger partial charge in [-0.1, -0.05) is 12.1 Å². The minimum absolute atomic E-state index is 0.183. The molecule has 0 aliphatic carbocycles. The van der Waals surface area contributed by atoms with Gasteiger partial charge in [-0.3, -0.25) is 4.79 Å². The normalized spacial score (nSPS) is 16.4. The highest BCUT2D eigenvalue weighted by Gasteiger charge is 2.15. The van der Waals surface area contributed by atoms with Gasteiger partial charge in [-0.2, -0.15) is 0 Å². The Morgan fingerprint density at radius 2 is 1.81 bits per heavy atom. The van der Waals surface area contributed by atoms with Crippen LogP contribution < -0.4 is 14.8 Å². The second-order valence-electron chi connectivity index (χ2n) is 6.30. The van der Waals surface area contributed by atoms with Crippen molar-refractivity contribution in [1.29, 1.82) is 0 Å². The summed E-state index contributed by atoms with van der Waals surface area (Å²) in [6.45, 7) is 3.97. The molecule has 2 aromatic carbocycles. The highest BCUT2D eigenvalue weighted by molar-refractivity contribution is 6.01. The van der Waals surface area contributed by atoms with E-state index in [0.717, 1.165) is 42.2 Å². The number of rotatable bonds is 8. The number of benzene rings is 2. The SMILES string of the molecule is CCOc1ccc(/C=C/C(=O)Nc2ccc(OCC3CCCO3)cc2)cc1. The van der Waals surface area contributed by atoms with Gasteiger partial charge in [0.2, 0.25) is 5.91 Å². The van der Waals surface area contributed by atoms with Crippen molar-refractivity contribution in [2.75, 3.05) is 25.1 Å². The van der Waals surface area contributed by atoms with E-state index < -0.39 is 0 Å². The van der Waals surface area contributed by atoms with Crippen molar-refractivity contribution < 1.29 is 19.0 Å². The molecule has 5 heteroatoms. The minimum Gasteiger partial charge on any atom is -0.494 e. The summed E-state index contributed by atoms with van der Waals surface area (Å²) in [5.41, 5.74) is 1.66. The first kappa shape index (κ1) is 19.0. The van der Waals surface area contributed by atoms with E-state index in [0.29, 0.717) is 13.2 Å². The molecule has 27 heavy (non-hydrogen) atoms. The van der Waals surface area contributed by atoms with Gasteiger partial charge in [0.25, 0.3) is 0 Å². The fraction of sp³-hybridized carbons (Fsp3) is 0.318. The molecule has 1 aliphatic heterocycles. The smallest absolute Gasteiger partial charge is 0.248 e. The monoisotopic (exact) mass is 367 g/mol. The van der Waals surface area contributed by atoms with Crippen molar-refractivity contribution in [2.45, 2.75) is 25.9 Å². The van der Waals surface area contributed by atoms with Crippen molar-refractivity contribution in [3.05, 3.63) is 60.2 Å². The van der Waals surface area contributed by atoms with Gasteiger partial charge >= 0.3 is 0 Å². The van der Waals surface area contributed by atoms with Crippen LogP contribution >= 0.6 is 0 Å². The van der Waals surface area contributed by atoms with E-state index in [9.17, 15) is 4.79 Å². The Labute approximate surface area is 159 Å². The van der Waals surface area contributed by atoms with Gasteiger partial charge in [0, 0.05) is 18.4 Å². The lowest BCUT2D eigenvalue weighted by molar-refractivity contribution is -0.111. The van der Waals surface area contributed by atoms with E-state index in [-0.39, 0.29) is 12.0 Å². The molecule has 0 saturated carbocycles. The van der Waals surface area contributed by atoms with E-state index in [1.165, 1.54) is 6.08 Å². The van der Waals surface area contributed by atoms with Gasteiger partial charge in [0.1, 0.15) is 18.1 Å². The lowest BCUT2D eigenvalue weighted by atomic mass is 10.2. The molecule has 0 radical (unpaired) electrons. The van der Waals surface area contributed by atoms with Crippen molar-refractivity contribution >= 4 is 17.7 Å². The fourth-order valence-electron chi connectivity index (χ4n) is 2.80. The van der Waals surface area contributed by atoms with Crippen LogP contribution in [0.25, 0.3) is 6.08 Å². The molecule has 1 fully saturated rings. The van der Waals surface area contributed by atoms with E-state index in [2.05, 4.69) is 5.32 Å². The first-order valence-corrected chi connectivity index (χ1v) is 9.29. The van der Waals surface area contributed by atoms with Crippen LogP contribution in [0.15, 0.2) is 54.6 Å². The Morgan fingerprint density at radius 3 is 2.48 bits per heavy atom. The van der Waals surface area contributed by atoms with Crippen molar-refractivity contribution in [1.82, 2.24) is 0 Å². The maximum absolute atomic E-state index is 12.1. The summed E-state index contributed by atoms with van der Waals surface area (Å²) >= 11 is 0. The Hall–Kier alpha value is -2.79. The molecule has 5 nitrogen and oxygen atoms in total. The second kappa shape index (κ2) is 9.78. The predicted octanol–water partition coefficient (Wildman–Crippen LogP) is 4.30. The summed E-state index contributed by atoms with van der Waals surface area (Å²) < 4.78 is 16.7. The van der Waals surface area contributed by atoms with Gasteiger partial charge in [-0.15, -0.1) is 0 Å². The van der Waals surface area contributed by atoms with Crippen LogP contribution in [0, 0.1) is 0 Å². The number of ether oxygens (including phenoxy) is 3. The van der Waals surface area contributed by atoms with Crippen molar-refractivity contribution in [2.24, 2.45) is 0 Å². The molecule has 1 aliphatic rings. The highest BCUT2D eigenvalue weighted by Crippen LogP contribution is 2.19. The van der Waals surface area contributed by atoms with E-state index in [4.69, 9.17) is 14.2 Å². The van der Waals surface area contributed by atoms with Crippen LogP contribution in [-0.4, -0.2) is 31.8 Å². The number of amides is 1. The summed E-state index contributed by atoms with van der Waals surface area (Å²) in [5, 5.41) is 2.84. The maximum Gasteiger partial charge on any atom is 0.248 e. The number of carbonyl (C=O) groups excluding carboxylic acids is 1. The lowest BCUT2D eigenvalue weighted by Crippen LogP contribution is -2.16. The molecular formula is C22H25NO4. The third-order valence-corrected chi connectivity index (χ3v) is 4.20. The molecule has 1 N–H and O–H groups in total. The van der Waals surface area contributed by atoms with Crippen LogP contribution in [0.5, 0.6) is 11.5 Å². The zero-order chi connectivity index (χ0) is 18.9. The number of nitrogens with one attached hydrogen (secondary N) is 1. The third kappa shape index (κ3) is 6.15. The summed E-state index contributed by atoms with van der Waals surface area (Å²) in [6, 6.07) is 14.9. The summed E-state index contributed by atoms with van der Waals surface area (Å²) in [6.07, 6.45) is 5.62. The molecule has 1 heterocycles. The topological polar surface area (TPSA) is 56.8 Å². The summed E-state index contributed by atoms with van der Waals surface area (Å²) in [7, 11) is 0. The zero-order valence-corrected chi connectivity index (χ0v) is 15.5. The Kier molecular flexibility index (Phi) is 6.88. The summed E-state index contributed by atoms with van der Waals surface area (Å²) in [5.74, 6) is 1.41. The average molecular weight is 367 g/mol. The number of hydrogen-bond donors (Lipinski definition) is 1. The van der Waals surface area contributed by atoms with Crippen molar-refractivity contribution in [3.8, 4) is 11.5 Å². The van der Waals surface area contributed by atoms with E-state index in [1.807, 2.05) is 55.5 Å². The molecule has 1 unspecified atom stereocenters. The molecule has 1 saturated heterocycles. The van der Waals surface area contributed by atoms with E-state index >= 15 is 0 Å². The van der Waals surface area contributed by atoms with Gasteiger partial charge in [-0.25, -0.2) is 0 Å². The largest absolute Gasteiger partial charge is 0.494 e. The predicted molar refractivity (Wildman–Crippen MR) is 106 cm³/mol. The maximum atomic E-state index is 12.1. The van der Waals surface area contributed by atoms with Gasteiger partial charge < -0.3 is 19.5 Å². The van der Waals surface area contributed by atoms with Gasteiger partial charge in [0.05, 0.1) is 12.7 Å². The van der Waals surface area contributed by atoms with Crippen LogP contribution in [0.1, 0.15) is 25.3 Å². The molecular weight excluding hydrogens is 342 g/mol.